The smallest absolute Gasteiger partial charge is 0.257 e. The third-order valence-corrected chi connectivity index (χ3v) is 4.64. The number of nitrogens with one attached hydrogen (secondary N) is 2. The molecule has 0 fully saturated rings. The highest BCUT2D eigenvalue weighted by Gasteiger charge is 2.15. The van der Waals surface area contributed by atoms with E-state index in [0.717, 1.165) is 16.8 Å². The van der Waals surface area contributed by atoms with E-state index in [-0.39, 0.29) is 12.7 Å². The summed E-state index contributed by atoms with van der Waals surface area (Å²) in [5, 5.41) is 6.66. The van der Waals surface area contributed by atoms with Gasteiger partial charge in [-0.1, -0.05) is 17.7 Å². The summed E-state index contributed by atoms with van der Waals surface area (Å²) < 4.78 is 10.6. The van der Waals surface area contributed by atoms with Gasteiger partial charge in [-0.2, -0.15) is 0 Å². The summed E-state index contributed by atoms with van der Waals surface area (Å²) in [6.45, 7) is 4.17. The number of nitrogens with zero attached hydrogens (tertiary/aromatic N) is 1. The molecule has 2 heterocycles. The van der Waals surface area contributed by atoms with Crippen LogP contribution in [0.3, 0.4) is 0 Å². The minimum Gasteiger partial charge on any atom is -0.454 e. The molecule has 1 aliphatic rings. The zero-order valence-electron chi connectivity index (χ0n) is 15.4. The van der Waals surface area contributed by atoms with Crippen LogP contribution in [0.1, 0.15) is 21.5 Å². The molecule has 6 nitrogen and oxygen atoms in total. The first kappa shape index (κ1) is 18.1. The van der Waals surface area contributed by atoms with Crippen LogP contribution in [0.5, 0.6) is 11.5 Å². The lowest BCUT2D eigenvalue weighted by molar-refractivity contribution is 0.102. The predicted octanol–water partition coefficient (Wildman–Crippen LogP) is 5.08. The summed E-state index contributed by atoms with van der Waals surface area (Å²) in [5.41, 5.74) is 3.98. The number of hydrogen-bond donors (Lipinski definition) is 2. The monoisotopic (exact) mass is 395 g/mol. The molecule has 2 N–H and O–H groups in total. The molecule has 1 aliphatic heterocycles. The standard InChI is InChI=1S/C21H18ClN3O3/c1-12-7-13(2)20(16(22)8-12)25-19-6-3-14(10-23-19)21(26)24-15-4-5-17-18(9-15)28-11-27-17/h3-10H,11H2,1-2H3,(H,23,25)(H,24,26). The Morgan fingerprint density at radius 1 is 1.07 bits per heavy atom. The number of aryl methyl sites for hydroxylation is 2. The van der Waals surface area contributed by atoms with Gasteiger partial charge in [-0.05, 0) is 55.3 Å². The van der Waals surface area contributed by atoms with Crippen molar-refractivity contribution in [2.75, 3.05) is 17.4 Å². The van der Waals surface area contributed by atoms with Crippen molar-refractivity contribution >= 4 is 34.7 Å². The van der Waals surface area contributed by atoms with Crippen LogP contribution in [0.4, 0.5) is 17.2 Å². The Morgan fingerprint density at radius 3 is 2.64 bits per heavy atom. The van der Waals surface area contributed by atoms with E-state index < -0.39 is 0 Å². The summed E-state index contributed by atoms with van der Waals surface area (Å²) in [5.74, 6) is 1.62. The molecule has 142 valence electrons. The fourth-order valence-electron chi connectivity index (χ4n) is 2.98. The van der Waals surface area contributed by atoms with E-state index in [0.29, 0.717) is 33.6 Å². The van der Waals surface area contributed by atoms with Crippen molar-refractivity contribution in [2.45, 2.75) is 13.8 Å². The number of halogens is 1. The number of carbonyl (C=O) groups is 1. The molecule has 0 saturated heterocycles. The number of amides is 1. The average Bonchev–Trinajstić information content (AvgIpc) is 3.13. The molecule has 0 unspecified atom stereocenters. The van der Waals surface area contributed by atoms with Crippen LogP contribution in [0, 0.1) is 13.8 Å². The fourth-order valence-corrected chi connectivity index (χ4v) is 3.35. The second kappa shape index (κ2) is 7.40. The van der Waals surface area contributed by atoms with Gasteiger partial charge in [0.05, 0.1) is 16.3 Å². The minimum atomic E-state index is -0.262. The van der Waals surface area contributed by atoms with Gasteiger partial charge in [-0.15, -0.1) is 0 Å². The number of hydrogen-bond acceptors (Lipinski definition) is 5. The molecule has 0 bridgehead atoms. The number of anilines is 3. The Balaban J connectivity index is 1.46. The van der Waals surface area contributed by atoms with E-state index in [1.54, 1.807) is 30.3 Å². The lowest BCUT2D eigenvalue weighted by Gasteiger charge is -2.12. The zero-order chi connectivity index (χ0) is 19.7. The van der Waals surface area contributed by atoms with Crippen LogP contribution in [-0.4, -0.2) is 17.7 Å². The lowest BCUT2D eigenvalue weighted by Crippen LogP contribution is -2.12. The lowest BCUT2D eigenvalue weighted by atomic mass is 10.1. The normalized spacial score (nSPS) is 12.0. The highest BCUT2D eigenvalue weighted by atomic mass is 35.5. The van der Waals surface area contributed by atoms with Crippen molar-refractivity contribution in [2.24, 2.45) is 0 Å². The Morgan fingerprint density at radius 2 is 1.89 bits per heavy atom. The first-order valence-corrected chi connectivity index (χ1v) is 9.08. The van der Waals surface area contributed by atoms with Crippen LogP contribution in [-0.2, 0) is 0 Å². The number of fused-ring (bicyclic) bond motifs is 1. The number of benzene rings is 2. The van der Waals surface area contributed by atoms with Crippen molar-refractivity contribution in [1.82, 2.24) is 4.98 Å². The zero-order valence-corrected chi connectivity index (χ0v) is 16.1. The van der Waals surface area contributed by atoms with Crippen molar-refractivity contribution in [1.29, 1.82) is 0 Å². The van der Waals surface area contributed by atoms with Gasteiger partial charge < -0.3 is 20.1 Å². The van der Waals surface area contributed by atoms with Gasteiger partial charge in [0.25, 0.3) is 5.91 Å². The molecular formula is C21H18ClN3O3. The van der Waals surface area contributed by atoms with Gasteiger partial charge in [0, 0.05) is 18.0 Å². The third-order valence-electron chi connectivity index (χ3n) is 4.34. The first-order chi connectivity index (χ1) is 13.5. The fraction of sp³-hybridized carbons (Fsp3) is 0.143. The molecule has 0 atom stereocenters. The third kappa shape index (κ3) is 3.73. The summed E-state index contributed by atoms with van der Waals surface area (Å²) >= 11 is 6.32. The maximum atomic E-state index is 12.5. The molecule has 0 aliphatic carbocycles. The van der Waals surface area contributed by atoms with Gasteiger partial charge in [-0.25, -0.2) is 4.98 Å². The Hall–Kier alpha value is -3.25. The molecule has 1 aromatic heterocycles. The number of pyridine rings is 1. The summed E-state index contributed by atoms with van der Waals surface area (Å²) in [6, 6.07) is 12.6. The second-order valence-electron chi connectivity index (χ2n) is 6.52. The molecule has 28 heavy (non-hydrogen) atoms. The van der Waals surface area contributed by atoms with E-state index in [1.165, 1.54) is 6.20 Å². The van der Waals surface area contributed by atoms with Crippen LogP contribution in [0.25, 0.3) is 0 Å². The van der Waals surface area contributed by atoms with E-state index in [9.17, 15) is 4.79 Å². The molecule has 7 heteroatoms. The van der Waals surface area contributed by atoms with E-state index in [4.69, 9.17) is 21.1 Å². The number of rotatable bonds is 4. The van der Waals surface area contributed by atoms with E-state index in [2.05, 4.69) is 15.6 Å². The molecule has 0 saturated carbocycles. The number of ether oxygens (including phenoxy) is 2. The Kier molecular flexibility index (Phi) is 4.79. The quantitative estimate of drug-likeness (QED) is 0.644. The molecule has 0 spiro atoms. The maximum absolute atomic E-state index is 12.5. The highest BCUT2D eigenvalue weighted by Crippen LogP contribution is 2.34. The van der Waals surface area contributed by atoms with Gasteiger partial charge >= 0.3 is 0 Å². The number of carbonyl (C=O) groups excluding carboxylic acids is 1. The molecule has 1 amide bonds. The van der Waals surface area contributed by atoms with Crippen molar-refractivity contribution in [3.05, 3.63) is 70.4 Å². The molecule has 0 radical (unpaired) electrons. The topological polar surface area (TPSA) is 72.5 Å². The van der Waals surface area contributed by atoms with Crippen molar-refractivity contribution in [3.8, 4) is 11.5 Å². The highest BCUT2D eigenvalue weighted by molar-refractivity contribution is 6.33. The summed E-state index contributed by atoms with van der Waals surface area (Å²) in [7, 11) is 0. The summed E-state index contributed by atoms with van der Waals surface area (Å²) in [6.07, 6.45) is 1.52. The Labute approximate surface area is 167 Å². The van der Waals surface area contributed by atoms with Gasteiger partial charge in [-0.3, -0.25) is 4.79 Å². The van der Waals surface area contributed by atoms with Gasteiger partial charge in [0.15, 0.2) is 11.5 Å². The van der Waals surface area contributed by atoms with E-state index >= 15 is 0 Å². The van der Waals surface area contributed by atoms with Crippen LogP contribution in [0.2, 0.25) is 5.02 Å². The number of aromatic nitrogens is 1. The largest absolute Gasteiger partial charge is 0.454 e. The SMILES string of the molecule is Cc1cc(C)c(Nc2ccc(C(=O)Nc3ccc4c(c3)OCO4)cn2)c(Cl)c1. The van der Waals surface area contributed by atoms with E-state index in [1.807, 2.05) is 26.0 Å². The molecule has 4 rings (SSSR count). The summed E-state index contributed by atoms with van der Waals surface area (Å²) in [4.78, 5) is 16.8. The van der Waals surface area contributed by atoms with Crippen LogP contribution in [0.15, 0.2) is 48.7 Å². The van der Waals surface area contributed by atoms with Gasteiger partial charge in [0.2, 0.25) is 6.79 Å². The second-order valence-corrected chi connectivity index (χ2v) is 6.93. The average molecular weight is 396 g/mol. The first-order valence-electron chi connectivity index (χ1n) is 8.70. The van der Waals surface area contributed by atoms with Crippen LogP contribution >= 0.6 is 11.6 Å². The van der Waals surface area contributed by atoms with Crippen LogP contribution < -0.4 is 20.1 Å². The van der Waals surface area contributed by atoms with Gasteiger partial charge in [0.1, 0.15) is 5.82 Å². The predicted molar refractivity (Wildman–Crippen MR) is 109 cm³/mol. The van der Waals surface area contributed by atoms with Crippen molar-refractivity contribution < 1.29 is 14.3 Å². The molecular weight excluding hydrogens is 378 g/mol. The Bertz CT molecular complexity index is 1030. The van der Waals surface area contributed by atoms with Crippen molar-refractivity contribution in [3.63, 3.8) is 0 Å². The molecule has 2 aromatic carbocycles. The minimum absolute atomic E-state index is 0.190. The molecule has 3 aromatic rings. The maximum Gasteiger partial charge on any atom is 0.257 e.